The first kappa shape index (κ1) is 24.8. The Morgan fingerprint density at radius 1 is 1.20 bits per heavy atom. The van der Waals surface area contributed by atoms with Gasteiger partial charge in [-0.1, -0.05) is 50.6 Å². The van der Waals surface area contributed by atoms with Crippen LogP contribution in [0.5, 0.6) is 0 Å². The Kier molecular flexibility index (Phi) is 9.57. The smallest absolute Gasteiger partial charge is 1.00 e. The molecule has 0 saturated heterocycles. The summed E-state index contributed by atoms with van der Waals surface area (Å²) in [5, 5.41) is 10.7. The number of allylic oxidation sites excluding steroid dienone is 5. The fourth-order valence-electron chi connectivity index (χ4n) is 2.48. The first-order valence-corrected chi connectivity index (χ1v) is 11.8. The van der Waals surface area contributed by atoms with Crippen molar-refractivity contribution in [2.75, 3.05) is 6.61 Å². The Labute approximate surface area is 180 Å². The minimum atomic E-state index is -1.16. The van der Waals surface area contributed by atoms with Crippen molar-refractivity contribution in [1.82, 2.24) is 0 Å². The number of aliphatic hydroxyl groups excluding tert-OH is 1. The number of ketones is 1. The third-order valence-electron chi connectivity index (χ3n) is 3.74. The number of rotatable bonds is 2. The van der Waals surface area contributed by atoms with Crippen LogP contribution in [0, 0.1) is 12.6 Å². The van der Waals surface area contributed by atoms with Crippen LogP contribution in [0.4, 0.5) is 0 Å². The van der Waals surface area contributed by atoms with Gasteiger partial charge in [0.25, 0.3) is 0 Å². The normalized spacial score (nSPS) is 15.6. The van der Waals surface area contributed by atoms with E-state index in [1.54, 1.807) is 6.08 Å². The van der Waals surface area contributed by atoms with E-state index in [1.807, 2.05) is 12.1 Å². The molecule has 1 aromatic rings. The Bertz CT molecular complexity index is 750. The van der Waals surface area contributed by atoms with Gasteiger partial charge in [-0.2, -0.15) is 0 Å². The molecule has 1 aliphatic heterocycles. The quantitative estimate of drug-likeness (QED) is 0.387. The topological polar surface area (TPSA) is 37.3 Å². The molecule has 1 heterocycles. The van der Waals surface area contributed by atoms with Gasteiger partial charge >= 0.3 is 21.7 Å². The number of hydrogen-bond acceptors (Lipinski definition) is 2. The Balaban J connectivity index is 0.000000512. The predicted octanol–water partition coefficient (Wildman–Crippen LogP) is -3.26. The van der Waals surface area contributed by atoms with Crippen LogP contribution in [0.15, 0.2) is 46.3 Å². The third-order valence-corrected chi connectivity index (χ3v) is 6.57. The minimum Gasteiger partial charge on any atom is -1.00 e. The Morgan fingerprint density at radius 2 is 1.84 bits per heavy atom. The molecule has 0 bridgehead atoms. The summed E-state index contributed by atoms with van der Waals surface area (Å²) in [7, 11) is -0.526. The van der Waals surface area contributed by atoms with Crippen molar-refractivity contribution in [1.29, 1.82) is 0 Å². The summed E-state index contributed by atoms with van der Waals surface area (Å²) < 4.78 is 0. The van der Waals surface area contributed by atoms with E-state index >= 15 is 0 Å². The zero-order valence-electron chi connectivity index (χ0n) is 14.1. The van der Waals surface area contributed by atoms with Gasteiger partial charge in [-0.05, 0) is 6.08 Å². The summed E-state index contributed by atoms with van der Waals surface area (Å²) in [6.45, 7) is 8.53. The zero-order valence-corrected chi connectivity index (χ0v) is 19.2. The monoisotopic (exact) mass is 440 g/mol. The molecule has 0 atom stereocenters. The molecule has 1 N–H and O–H groups in total. The van der Waals surface area contributed by atoms with E-state index in [0.29, 0.717) is 16.1 Å². The summed E-state index contributed by atoms with van der Waals surface area (Å²) >= 11 is 0. The average molecular weight is 441 g/mol. The third kappa shape index (κ3) is 5.63. The maximum Gasteiger partial charge on any atom is 4.00 e. The van der Waals surface area contributed by atoms with Gasteiger partial charge in [0.05, 0.1) is 9.52 Å². The predicted molar refractivity (Wildman–Crippen MR) is 92.8 cm³/mol. The molecule has 0 saturated carbocycles. The van der Waals surface area contributed by atoms with Gasteiger partial charge in [-0.3, -0.25) is 4.79 Å². The van der Waals surface area contributed by atoms with Crippen molar-refractivity contribution >= 4 is 28.9 Å². The van der Waals surface area contributed by atoms with Gasteiger partial charge in [-0.15, -0.1) is 39.6 Å². The summed E-state index contributed by atoms with van der Waals surface area (Å²) in [6.07, 6.45) is 5.16. The van der Waals surface area contributed by atoms with E-state index in [4.69, 9.17) is 5.11 Å². The van der Waals surface area contributed by atoms with E-state index < -0.39 is 8.07 Å². The van der Waals surface area contributed by atoms with Crippen molar-refractivity contribution in [3.8, 4) is 0 Å². The van der Waals surface area contributed by atoms with E-state index in [2.05, 4.69) is 37.8 Å². The van der Waals surface area contributed by atoms with Gasteiger partial charge < -0.3 is 36.5 Å². The molecule has 25 heavy (non-hydrogen) atoms. The van der Waals surface area contributed by atoms with Crippen LogP contribution in [-0.2, 0) is 26.5 Å². The van der Waals surface area contributed by atoms with Crippen molar-refractivity contribution in [2.45, 2.75) is 19.1 Å². The van der Waals surface area contributed by atoms with Crippen molar-refractivity contribution in [3.05, 3.63) is 70.1 Å². The van der Waals surface area contributed by atoms with Crippen molar-refractivity contribution in [3.63, 3.8) is 0 Å². The largest absolute Gasteiger partial charge is 4.00 e. The SMILES string of the molecule is O=C1C=C2C(=[C-]c3ccccc32)C2=C1[Si]2.[CH2-][Si](C)(C)CCO.[Cl-].[Cl-].[Ti+4]. The van der Waals surface area contributed by atoms with Crippen LogP contribution in [-0.4, -0.2) is 35.1 Å². The minimum absolute atomic E-state index is 0. The van der Waals surface area contributed by atoms with Crippen molar-refractivity contribution in [2.24, 2.45) is 0 Å². The number of hydrogen-bond donors (Lipinski definition) is 1. The molecule has 0 unspecified atom stereocenters. The number of carbonyl (C=O) groups is 1. The number of carbonyl (C=O) groups excluding carboxylic acids is 1. The molecule has 0 amide bonds. The molecule has 0 fully saturated rings. The Hall–Kier alpha value is -0.202. The first-order chi connectivity index (χ1) is 10.4. The number of aliphatic hydroxyl groups is 1. The molecule has 7 heteroatoms. The first-order valence-electron chi connectivity index (χ1n) is 7.38. The van der Waals surface area contributed by atoms with Crippen LogP contribution in [0.1, 0.15) is 11.1 Å². The average Bonchev–Trinajstić information content (AvgIpc) is 3.16. The van der Waals surface area contributed by atoms with E-state index in [9.17, 15) is 4.79 Å². The van der Waals surface area contributed by atoms with Crippen LogP contribution >= 0.6 is 0 Å². The molecule has 128 valence electrons. The number of fused-ring (bicyclic) bond motifs is 4. The molecule has 2 nitrogen and oxygen atoms in total. The van der Waals surface area contributed by atoms with Gasteiger partial charge in [0.1, 0.15) is 0 Å². The molecule has 0 aromatic heterocycles. The van der Waals surface area contributed by atoms with E-state index in [1.165, 1.54) is 10.8 Å². The number of benzene rings is 1. The molecule has 4 rings (SSSR count). The fraction of sp³-hybridized carbons (Fsp3) is 0.222. The maximum atomic E-state index is 11.6. The maximum absolute atomic E-state index is 11.6. The van der Waals surface area contributed by atoms with Crippen molar-refractivity contribution < 1.29 is 56.4 Å². The van der Waals surface area contributed by atoms with E-state index in [0.717, 1.165) is 27.9 Å². The summed E-state index contributed by atoms with van der Waals surface area (Å²) in [6, 6.07) is 9.06. The van der Waals surface area contributed by atoms with Gasteiger partial charge in [-0.25, -0.2) is 0 Å². The van der Waals surface area contributed by atoms with Crippen LogP contribution in [0.3, 0.4) is 0 Å². The summed E-state index contributed by atoms with van der Waals surface area (Å²) in [5.74, 6) is 0.209. The van der Waals surface area contributed by atoms with Crippen LogP contribution in [0.2, 0.25) is 19.1 Å². The molecule has 0 spiro atoms. The molecule has 3 aliphatic rings. The molecule has 2 radical (unpaired) electrons. The Morgan fingerprint density at radius 3 is 2.40 bits per heavy atom. The second-order valence-electron chi connectivity index (χ2n) is 6.48. The fourth-order valence-corrected chi connectivity index (χ4v) is 4.04. The van der Waals surface area contributed by atoms with Gasteiger partial charge in [0.2, 0.25) is 0 Å². The summed E-state index contributed by atoms with van der Waals surface area (Å²) in [5.41, 5.74) is 4.53. The molecular weight excluding hydrogens is 423 g/mol. The number of halogens is 2. The molecular formula is C18H18Cl2O2Si2Ti. The van der Waals surface area contributed by atoms with Crippen LogP contribution < -0.4 is 24.8 Å². The van der Waals surface area contributed by atoms with E-state index in [-0.39, 0.29) is 52.3 Å². The molecule has 1 aromatic carbocycles. The second kappa shape index (κ2) is 9.65. The second-order valence-corrected chi connectivity index (χ2v) is 12.6. The summed E-state index contributed by atoms with van der Waals surface area (Å²) in [4.78, 5) is 11.6. The molecule has 2 aliphatic carbocycles. The zero-order chi connectivity index (χ0) is 15.9. The van der Waals surface area contributed by atoms with Gasteiger partial charge in [0.15, 0.2) is 5.78 Å². The standard InChI is InChI=1S/C13H5OSi.C5H13OSi.2ClH.Ti/c14-11-6-9-8-4-2-1-3-7(8)5-10(9)12-13(11)15-12;1-7(2,3)5-4-6;;;/h1-4,6H;6H,1,4-5H2,2-3H3;2*1H;/q2*-1;;;+4/p-2. The van der Waals surface area contributed by atoms with Crippen LogP contribution in [0.25, 0.3) is 5.57 Å². The van der Waals surface area contributed by atoms with Gasteiger partial charge in [0, 0.05) is 6.61 Å².